The molecule has 0 fully saturated rings. The van der Waals surface area contributed by atoms with Crippen LogP contribution in [0.4, 0.5) is 18.9 Å². The van der Waals surface area contributed by atoms with Crippen LogP contribution in [0.3, 0.4) is 0 Å². The molecule has 0 saturated heterocycles. The lowest BCUT2D eigenvalue weighted by Gasteiger charge is -2.07. The first-order valence-electron chi connectivity index (χ1n) is 7.70. The zero-order valence-corrected chi connectivity index (χ0v) is 15.3. The number of carbonyl (C=O) groups excluding carboxylic acids is 1. The Morgan fingerprint density at radius 2 is 2.03 bits per heavy atom. The fourth-order valence-electron chi connectivity index (χ4n) is 1.95. The first-order valence-corrected chi connectivity index (χ1v) is 9.41. The zero-order chi connectivity index (χ0) is 21.7. The molecule has 0 unspecified atom stereocenters. The van der Waals surface area contributed by atoms with Gasteiger partial charge in [-0.25, -0.2) is 23.2 Å². The highest BCUT2D eigenvalue weighted by atomic mass is 32.2. The number of primary sulfonamides is 1. The van der Waals surface area contributed by atoms with E-state index in [1.165, 1.54) is 6.07 Å². The number of sulfonamides is 1. The number of nitrogens with one attached hydrogen (secondary N) is 1. The highest BCUT2D eigenvalue weighted by molar-refractivity contribution is 7.89. The van der Waals surface area contributed by atoms with Crippen molar-refractivity contribution in [1.82, 2.24) is 15.6 Å². The van der Waals surface area contributed by atoms with Gasteiger partial charge in [-0.2, -0.15) is 13.2 Å². The van der Waals surface area contributed by atoms with E-state index in [0.717, 1.165) is 18.2 Å². The van der Waals surface area contributed by atoms with Crippen LogP contribution < -0.4 is 20.9 Å². The predicted molar refractivity (Wildman–Crippen MR) is 92.6 cm³/mol. The van der Waals surface area contributed by atoms with Crippen LogP contribution >= 0.6 is 0 Å². The number of alkyl halides is 3. The molecular formula is C14H15F3N6O5S. The van der Waals surface area contributed by atoms with Gasteiger partial charge in [-0.3, -0.25) is 4.79 Å². The first-order chi connectivity index (χ1) is 13.5. The molecule has 15 heteroatoms. The van der Waals surface area contributed by atoms with Crippen molar-refractivity contribution in [3.63, 3.8) is 0 Å². The molecule has 0 radical (unpaired) electrons. The molecule has 0 aliphatic carbocycles. The fraction of sp³-hybridized carbons (Fsp3) is 0.286. The van der Waals surface area contributed by atoms with Gasteiger partial charge in [0.05, 0.1) is 17.8 Å². The minimum Gasteiger partial charge on any atom is -0.472 e. The van der Waals surface area contributed by atoms with E-state index in [0.29, 0.717) is 0 Å². The Morgan fingerprint density at radius 1 is 1.31 bits per heavy atom. The third kappa shape index (κ3) is 7.04. The van der Waals surface area contributed by atoms with E-state index >= 15 is 0 Å². The topological polar surface area (TPSA) is 176 Å². The van der Waals surface area contributed by atoms with Crippen molar-refractivity contribution in [2.45, 2.75) is 6.18 Å². The Labute approximate surface area is 161 Å². The van der Waals surface area contributed by atoms with Crippen molar-refractivity contribution < 1.29 is 35.7 Å². The number of nitrogens with two attached hydrogens (primary N) is 2. The third-order valence-corrected chi connectivity index (χ3v) is 3.78. The van der Waals surface area contributed by atoms with Gasteiger partial charge in [0.15, 0.2) is 5.84 Å². The summed E-state index contributed by atoms with van der Waals surface area (Å²) >= 11 is 0. The van der Waals surface area contributed by atoms with Crippen LogP contribution in [0.5, 0.6) is 5.88 Å². The van der Waals surface area contributed by atoms with Gasteiger partial charge >= 0.3 is 6.18 Å². The van der Waals surface area contributed by atoms with E-state index in [1.54, 1.807) is 0 Å². The summed E-state index contributed by atoms with van der Waals surface area (Å²) in [5.41, 5.74) is 4.57. The summed E-state index contributed by atoms with van der Waals surface area (Å²) in [5, 5.41) is 13.9. The summed E-state index contributed by atoms with van der Waals surface area (Å²) in [6, 6.07) is 4.14. The van der Waals surface area contributed by atoms with E-state index in [4.69, 9.17) is 15.6 Å². The number of rotatable bonds is 8. The Balaban J connectivity index is 2.00. The number of halogens is 3. The number of amides is 1. The number of carbonyl (C=O) groups is 1. The summed E-state index contributed by atoms with van der Waals surface area (Å²) in [5.74, 6) is -2.27. The van der Waals surface area contributed by atoms with Crippen molar-refractivity contribution in [2.24, 2.45) is 15.9 Å². The maximum absolute atomic E-state index is 12.8. The van der Waals surface area contributed by atoms with Gasteiger partial charge in [0.1, 0.15) is 12.4 Å². The Kier molecular flexibility index (Phi) is 6.76. The van der Waals surface area contributed by atoms with Crippen LogP contribution in [0.25, 0.3) is 0 Å². The largest absolute Gasteiger partial charge is 0.472 e. The molecule has 158 valence electrons. The standard InChI is InChI=1S/C14H15F3N6O5S/c15-14(16,17)8-2-1-3-9(6-8)21-12(18)11-13(23-28-22-11)27-5-4-20-10(24)7-29(19,25)26/h1-3,6H,4-5,7H2,(H2,18,21)(H,20,24)(H2,19,25,26). The Bertz CT molecular complexity index is 1010. The van der Waals surface area contributed by atoms with E-state index in [1.807, 2.05) is 0 Å². The molecule has 1 aromatic heterocycles. The SMILES string of the molecule is NC(=Nc1cccc(C(F)(F)F)c1)c1nonc1OCCNC(=O)CS(N)(=O)=O. The number of ether oxygens (including phenoxy) is 1. The lowest BCUT2D eigenvalue weighted by atomic mass is 10.2. The molecule has 0 aliphatic rings. The van der Waals surface area contributed by atoms with Crippen molar-refractivity contribution in [3.05, 3.63) is 35.5 Å². The van der Waals surface area contributed by atoms with E-state index in [-0.39, 0.29) is 36.2 Å². The smallest absolute Gasteiger partial charge is 0.416 e. The zero-order valence-electron chi connectivity index (χ0n) is 14.5. The summed E-state index contributed by atoms with van der Waals surface area (Å²) in [4.78, 5) is 15.1. The van der Waals surface area contributed by atoms with E-state index < -0.39 is 33.4 Å². The van der Waals surface area contributed by atoms with Gasteiger partial charge in [0, 0.05) is 0 Å². The number of amidine groups is 1. The van der Waals surface area contributed by atoms with Gasteiger partial charge in [-0.05, 0) is 28.5 Å². The molecule has 0 spiro atoms. The number of hydrogen-bond acceptors (Lipinski definition) is 8. The third-order valence-electron chi connectivity index (χ3n) is 3.12. The molecule has 0 atom stereocenters. The monoisotopic (exact) mass is 436 g/mol. The molecule has 0 aliphatic heterocycles. The minimum absolute atomic E-state index is 0.0819. The van der Waals surface area contributed by atoms with Crippen LogP contribution in [-0.2, 0) is 21.0 Å². The van der Waals surface area contributed by atoms with Crippen LogP contribution in [0.2, 0.25) is 0 Å². The summed E-state index contributed by atoms with van der Waals surface area (Å²) in [6.07, 6.45) is -4.54. The van der Waals surface area contributed by atoms with Gasteiger partial charge in [0.2, 0.25) is 21.6 Å². The molecule has 1 amide bonds. The molecule has 29 heavy (non-hydrogen) atoms. The van der Waals surface area contributed by atoms with Crippen LogP contribution in [-0.4, -0.2) is 49.4 Å². The summed E-state index contributed by atoms with van der Waals surface area (Å²) in [7, 11) is -3.96. The molecule has 2 aromatic rings. The quantitative estimate of drug-likeness (QED) is 0.292. The fourth-order valence-corrected chi connectivity index (χ4v) is 2.41. The molecule has 2 rings (SSSR count). The van der Waals surface area contributed by atoms with Crippen molar-refractivity contribution >= 4 is 27.5 Å². The molecule has 1 aromatic carbocycles. The lowest BCUT2D eigenvalue weighted by molar-refractivity contribution is -0.137. The second-order valence-corrected chi connectivity index (χ2v) is 7.08. The van der Waals surface area contributed by atoms with Gasteiger partial charge in [-0.1, -0.05) is 6.07 Å². The average Bonchev–Trinajstić information content (AvgIpc) is 3.05. The molecule has 11 nitrogen and oxygen atoms in total. The summed E-state index contributed by atoms with van der Waals surface area (Å²) in [6.45, 7) is -0.278. The van der Waals surface area contributed by atoms with Crippen LogP contribution in [0, 0.1) is 0 Å². The van der Waals surface area contributed by atoms with Gasteiger partial charge in [0.25, 0.3) is 5.88 Å². The number of aliphatic imine (C=N–C) groups is 1. The number of nitrogens with zero attached hydrogens (tertiary/aromatic N) is 3. The van der Waals surface area contributed by atoms with E-state index in [9.17, 15) is 26.4 Å². The van der Waals surface area contributed by atoms with Crippen molar-refractivity contribution in [3.8, 4) is 5.88 Å². The predicted octanol–water partition coefficient (Wildman–Crippen LogP) is -0.0911. The number of aromatic nitrogens is 2. The van der Waals surface area contributed by atoms with Crippen LogP contribution in [0.15, 0.2) is 33.9 Å². The summed E-state index contributed by atoms with van der Waals surface area (Å²) < 4.78 is 69.5. The number of hydrogen-bond donors (Lipinski definition) is 3. The second kappa shape index (κ2) is 8.87. The molecule has 5 N–H and O–H groups in total. The molecule has 1 heterocycles. The van der Waals surface area contributed by atoms with Gasteiger partial charge in [-0.15, -0.1) is 0 Å². The first kappa shape index (κ1) is 22.1. The van der Waals surface area contributed by atoms with Crippen molar-refractivity contribution in [1.29, 1.82) is 0 Å². The van der Waals surface area contributed by atoms with Crippen molar-refractivity contribution in [2.75, 3.05) is 18.9 Å². The maximum atomic E-state index is 12.8. The highest BCUT2D eigenvalue weighted by Crippen LogP contribution is 2.31. The maximum Gasteiger partial charge on any atom is 0.416 e. The Morgan fingerprint density at radius 3 is 2.69 bits per heavy atom. The Hall–Kier alpha value is -3.20. The minimum atomic E-state index is -4.54. The second-order valence-electron chi connectivity index (χ2n) is 5.47. The van der Waals surface area contributed by atoms with E-state index in [2.05, 4.69) is 25.3 Å². The molecule has 0 bridgehead atoms. The normalized spacial score (nSPS) is 12.6. The molecular weight excluding hydrogens is 421 g/mol. The average molecular weight is 436 g/mol. The van der Waals surface area contributed by atoms with Gasteiger partial charge < -0.3 is 15.8 Å². The number of benzene rings is 1. The van der Waals surface area contributed by atoms with Crippen LogP contribution in [0.1, 0.15) is 11.3 Å². The highest BCUT2D eigenvalue weighted by Gasteiger charge is 2.30. The molecule has 0 saturated carbocycles. The lowest BCUT2D eigenvalue weighted by Crippen LogP contribution is -2.35.